The highest BCUT2D eigenvalue weighted by Crippen LogP contribution is 2.52. The number of para-hydroxylation sites is 1. The Kier molecular flexibility index (Phi) is 7.83. The van der Waals surface area contributed by atoms with Crippen LogP contribution >= 0.6 is 0 Å². The summed E-state index contributed by atoms with van der Waals surface area (Å²) in [5.74, 6) is -0.128. The van der Waals surface area contributed by atoms with Crippen LogP contribution in [-0.2, 0) is 21.4 Å². The molecule has 41 heavy (non-hydrogen) atoms. The lowest BCUT2D eigenvalue weighted by molar-refractivity contribution is -0.135. The van der Waals surface area contributed by atoms with E-state index in [2.05, 4.69) is 27.8 Å². The van der Waals surface area contributed by atoms with Gasteiger partial charge in [-0.1, -0.05) is 42.5 Å². The van der Waals surface area contributed by atoms with Crippen molar-refractivity contribution in [2.24, 2.45) is 5.73 Å². The number of carbonyl (C=O) groups is 3. The molecule has 0 radical (unpaired) electrons. The molecule has 1 aliphatic carbocycles. The number of piperidine rings is 1. The third-order valence-corrected chi connectivity index (χ3v) is 8.68. The van der Waals surface area contributed by atoms with E-state index in [0.717, 1.165) is 41.3 Å². The first-order chi connectivity index (χ1) is 19.5. The van der Waals surface area contributed by atoms with Gasteiger partial charge in [-0.15, -0.1) is 0 Å². The number of aromatic amines is 1. The van der Waals surface area contributed by atoms with Gasteiger partial charge in [0.2, 0.25) is 11.8 Å². The van der Waals surface area contributed by atoms with E-state index in [1.54, 1.807) is 4.90 Å². The van der Waals surface area contributed by atoms with Crippen molar-refractivity contribution in [1.29, 1.82) is 0 Å². The number of likely N-dealkylation sites (N-methyl/N-ethyl adjacent to an activating group) is 1. The molecule has 3 aromatic rings. The Bertz CT molecular complexity index is 1430. The summed E-state index contributed by atoms with van der Waals surface area (Å²) in [5, 5.41) is 6.79. The van der Waals surface area contributed by atoms with Gasteiger partial charge in [0, 0.05) is 68.2 Å². The van der Waals surface area contributed by atoms with Gasteiger partial charge in [0.05, 0.1) is 5.92 Å². The Hall–Kier alpha value is -3.85. The Morgan fingerprint density at radius 3 is 2.49 bits per heavy atom. The fourth-order valence-electron chi connectivity index (χ4n) is 6.51. The molecule has 9 heteroatoms. The van der Waals surface area contributed by atoms with Crippen LogP contribution in [0.25, 0.3) is 10.9 Å². The number of carbonyl (C=O) groups excluding carboxylic acids is 3. The third kappa shape index (κ3) is 5.95. The lowest BCUT2D eigenvalue weighted by atomic mass is 9.73. The first kappa shape index (κ1) is 28.7. The van der Waals surface area contributed by atoms with Crippen LogP contribution in [0, 0.1) is 0 Å². The molecular formula is C32H42N6O3. The van der Waals surface area contributed by atoms with Gasteiger partial charge in [-0.25, -0.2) is 4.79 Å². The van der Waals surface area contributed by atoms with Crippen molar-refractivity contribution in [3.8, 4) is 0 Å². The van der Waals surface area contributed by atoms with Gasteiger partial charge >= 0.3 is 6.03 Å². The highest BCUT2D eigenvalue weighted by atomic mass is 16.2. The van der Waals surface area contributed by atoms with Gasteiger partial charge in [-0.05, 0) is 55.9 Å². The van der Waals surface area contributed by atoms with Crippen molar-refractivity contribution in [3.63, 3.8) is 0 Å². The molecule has 0 bridgehead atoms. The lowest BCUT2D eigenvalue weighted by Gasteiger charge is -2.41. The zero-order valence-corrected chi connectivity index (χ0v) is 24.5. The van der Waals surface area contributed by atoms with Crippen LogP contribution in [0.5, 0.6) is 0 Å². The van der Waals surface area contributed by atoms with E-state index in [4.69, 9.17) is 5.73 Å². The molecule has 2 heterocycles. The van der Waals surface area contributed by atoms with Crippen LogP contribution < -0.4 is 16.4 Å². The van der Waals surface area contributed by atoms with Crippen LogP contribution in [0.2, 0.25) is 0 Å². The van der Waals surface area contributed by atoms with E-state index in [1.807, 2.05) is 75.4 Å². The lowest BCUT2D eigenvalue weighted by Crippen LogP contribution is -2.56. The number of H-pyrrole nitrogens is 1. The van der Waals surface area contributed by atoms with E-state index >= 15 is 0 Å². The summed E-state index contributed by atoms with van der Waals surface area (Å²) in [7, 11) is 3.62. The normalized spacial score (nSPS) is 18.7. The molecule has 218 valence electrons. The maximum Gasteiger partial charge on any atom is 0.315 e. The predicted octanol–water partition coefficient (Wildman–Crippen LogP) is 3.25. The zero-order valence-electron chi connectivity index (χ0n) is 24.5. The molecular weight excluding hydrogens is 516 g/mol. The molecule has 2 aliphatic rings. The smallest absolute Gasteiger partial charge is 0.315 e. The summed E-state index contributed by atoms with van der Waals surface area (Å²) in [5.41, 5.74) is 9.67. The molecule has 1 saturated heterocycles. The number of hydrogen-bond acceptors (Lipinski definition) is 4. The number of amides is 4. The largest absolute Gasteiger partial charge is 0.361 e. The van der Waals surface area contributed by atoms with E-state index < -0.39 is 17.6 Å². The number of fused-ring (bicyclic) bond motifs is 3. The summed E-state index contributed by atoms with van der Waals surface area (Å²) < 4.78 is 0. The maximum atomic E-state index is 14.0. The molecule has 1 aromatic heterocycles. The Balaban J connectivity index is 1.33. The number of benzene rings is 2. The van der Waals surface area contributed by atoms with Crippen molar-refractivity contribution < 1.29 is 14.4 Å². The second kappa shape index (κ2) is 11.2. The van der Waals surface area contributed by atoms with Gasteiger partial charge < -0.3 is 31.2 Å². The molecule has 5 rings (SSSR count). The molecule has 1 spiro atoms. The van der Waals surface area contributed by atoms with Crippen molar-refractivity contribution in [3.05, 3.63) is 71.4 Å². The second-order valence-corrected chi connectivity index (χ2v) is 12.6. The van der Waals surface area contributed by atoms with Gasteiger partial charge in [0.25, 0.3) is 0 Å². The van der Waals surface area contributed by atoms with Gasteiger partial charge in [-0.2, -0.15) is 0 Å². The van der Waals surface area contributed by atoms with E-state index in [0.29, 0.717) is 19.5 Å². The monoisotopic (exact) mass is 558 g/mol. The van der Waals surface area contributed by atoms with Crippen LogP contribution in [0.15, 0.2) is 54.7 Å². The minimum absolute atomic E-state index is 0.0977. The van der Waals surface area contributed by atoms with Crippen molar-refractivity contribution in [2.45, 2.75) is 62.4 Å². The third-order valence-electron chi connectivity index (χ3n) is 8.68. The molecule has 1 aliphatic heterocycles. The minimum atomic E-state index is -0.733. The van der Waals surface area contributed by atoms with E-state index in [1.165, 1.54) is 5.56 Å². The number of nitrogens with one attached hydrogen (secondary N) is 3. The Labute approximate surface area is 241 Å². The molecule has 2 unspecified atom stereocenters. The molecule has 5 N–H and O–H groups in total. The molecule has 1 fully saturated rings. The van der Waals surface area contributed by atoms with Crippen molar-refractivity contribution in [2.75, 3.05) is 33.7 Å². The Morgan fingerprint density at radius 1 is 1.10 bits per heavy atom. The van der Waals surface area contributed by atoms with Crippen LogP contribution in [0.1, 0.15) is 55.7 Å². The fourth-order valence-corrected chi connectivity index (χ4v) is 6.51. The van der Waals surface area contributed by atoms with Gasteiger partial charge in [0.1, 0.15) is 6.04 Å². The van der Waals surface area contributed by atoms with E-state index in [-0.39, 0.29) is 29.7 Å². The first-order valence-electron chi connectivity index (χ1n) is 14.4. The zero-order chi connectivity index (χ0) is 29.4. The highest BCUT2D eigenvalue weighted by Gasteiger charge is 2.48. The second-order valence-electron chi connectivity index (χ2n) is 12.6. The van der Waals surface area contributed by atoms with Crippen LogP contribution in [0.4, 0.5) is 4.79 Å². The first-order valence-corrected chi connectivity index (χ1v) is 14.4. The molecule has 2 atom stereocenters. The summed E-state index contributed by atoms with van der Waals surface area (Å²) in [6.45, 7) is 5.09. The Morgan fingerprint density at radius 2 is 1.78 bits per heavy atom. The summed E-state index contributed by atoms with van der Waals surface area (Å²) >= 11 is 0. The minimum Gasteiger partial charge on any atom is -0.361 e. The van der Waals surface area contributed by atoms with Crippen molar-refractivity contribution >= 4 is 28.7 Å². The average Bonchev–Trinajstić information content (AvgIpc) is 3.50. The number of likely N-dealkylation sites (tertiary alicyclic amines) is 1. The number of hydrogen-bond donors (Lipinski definition) is 4. The number of nitrogens with zero attached hydrogens (tertiary/aromatic N) is 2. The van der Waals surface area contributed by atoms with Crippen molar-refractivity contribution in [1.82, 2.24) is 25.4 Å². The summed E-state index contributed by atoms with van der Waals surface area (Å²) in [4.78, 5) is 46.8. The SMILES string of the molecule is CN(C)C(=O)C1CC2(CCN(C(=O)C(Cc3c[nH]c4ccccc34)NC(=O)NCC(C)(C)N)CC2)c2ccccc21. The number of nitrogens with two attached hydrogens (primary N) is 1. The predicted molar refractivity (Wildman–Crippen MR) is 161 cm³/mol. The topological polar surface area (TPSA) is 124 Å². The highest BCUT2D eigenvalue weighted by molar-refractivity contribution is 5.89. The molecule has 2 aromatic carbocycles. The quantitative estimate of drug-likeness (QED) is 0.355. The van der Waals surface area contributed by atoms with Crippen LogP contribution in [0.3, 0.4) is 0 Å². The fraction of sp³-hybridized carbons (Fsp3) is 0.469. The van der Waals surface area contributed by atoms with Crippen LogP contribution in [-0.4, -0.2) is 77.9 Å². The number of urea groups is 1. The van der Waals surface area contributed by atoms with E-state index in [9.17, 15) is 14.4 Å². The van der Waals surface area contributed by atoms with Gasteiger partial charge in [-0.3, -0.25) is 9.59 Å². The summed E-state index contributed by atoms with van der Waals surface area (Å²) in [6, 6.07) is 15.1. The average molecular weight is 559 g/mol. The maximum absolute atomic E-state index is 14.0. The standard InChI is InChI=1S/C32H42N6O3/c1-31(2,33)20-35-30(41)36-27(17-21-19-34-26-12-8-6-9-22(21)26)29(40)38-15-13-32(14-16-38)18-24(28(39)37(3)4)23-10-5-7-11-25(23)32/h5-12,19,24,27,34H,13-18,20,33H2,1-4H3,(H2,35,36,41). The summed E-state index contributed by atoms with van der Waals surface area (Å²) in [6.07, 6.45) is 4.60. The number of aromatic nitrogens is 1. The molecule has 0 saturated carbocycles. The van der Waals surface area contributed by atoms with Gasteiger partial charge in [0.15, 0.2) is 0 Å². The number of rotatable bonds is 7. The molecule has 4 amide bonds. The molecule has 9 nitrogen and oxygen atoms in total.